The van der Waals surface area contributed by atoms with Gasteiger partial charge in [-0.25, -0.2) is 0 Å². The Balaban J connectivity index is 2.38. The normalized spacial score (nSPS) is 18.5. The second-order valence-corrected chi connectivity index (χ2v) is 5.15. The van der Waals surface area contributed by atoms with Crippen molar-refractivity contribution in [2.24, 2.45) is 5.73 Å². The van der Waals surface area contributed by atoms with Gasteiger partial charge in [-0.1, -0.05) is 6.07 Å². The number of rotatable bonds is 5. The summed E-state index contributed by atoms with van der Waals surface area (Å²) >= 11 is 0. The van der Waals surface area contributed by atoms with Gasteiger partial charge >= 0.3 is 0 Å². The lowest BCUT2D eigenvalue weighted by Crippen LogP contribution is -2.48. The molecule has 7 heteroatoms. The molecule has 2 rings (SSSR count). The summed E-state index contributed by atoms with van der Waals surface area (Å²) in [5.41, 5.74) is 7.39. The second-order valence-electron chi connectivity index (χ2n) is 5.15. The molecule has 2 atom stereocenters. The van der Waals surface area contributed by atoms with Gasteiger partial charge in [-0.2, -0.15) is 0 Å². The number of methoxy groups -OCH3 is 1. The van der Waals surface area contributed by atoms with E-state index in [0.29, 0.717) is 18.0 Å². The van der Waals surface area contributed by atoms with E-state index in [-0.39, 0.29) is 24.4 Å². The third kappa shape index (κ3) is 3.20. The predicted molar refractivity (Wildman–Crippen MR) is 81.8 cm³/mol. The Bertz CT molecular complexity index is 576. The number of anilines is 1. The lowest BCUT2D eigenvalue weighted by atomic mass is 10.0. The standard InChI is InChI=1S/C15H21N3O4/c1-9-15(20)18(7-14(19)17-2)12-6-10(11(16)8-21-3)4-5-13(12)22-9/h4-6,9,11H,7-8,16H2,1-3H3,(H,17,19). The third-order valence-electron chi connectivity index (χ3n) is 3.55. The van der Waals surface area contributed by atoms with Crippen molar-refractivity contribution in [2.45, 2.75) is 19.1 Å². The number of hydrogen-bond donors (Lipinski definition) is 2. The van der Waals surface area contributed by atoms with E-state index < -0.39 is 6.10 Å². The summed E-state index contributed by atoms with van der Waals surface area (Å²) in [6, 6.07) is 5.06. The monoisotopic (exact) mass is 307 g/mol. The lowest BCUT2D eigenvalue weighted by Gasteiger charge is -2.33. The van der Waals surface area contributed by atoms with Crippen LogP contribution in [0.15, 0.2) is 18.2 Å². The molecule has 22 heavy (non-hydrogen) atoms. The Morgan fingerprint density at radius 1 is 1.55 bits per heavy atom. The highest BCUT2D eigenvalue weighted by Gasteiger charge is 2.33. The molecular weight excluding hydrogens is 286 g/mol. The first-order chi connectivity index (χ1) is 10.5. The highest BCUT2D eigenvalue weighted by molar-refractivity contribution is 6.03. The summed E-state index contributed by atoms with van der Waals surface area (Å²) in [4.78, 5) is 25.4. The van der Waals surface area contributed by atoms with E-state index in [1.807, 2.05) is 6.07 Å². The fraction of sp³-hybridized carbons (Fsp3) is 0.467. The molecular formula is C15H21N3O4. The van der Waals surface area contributed by atoms with Gasteiger partial charge in [-0.15, -0.1) is 0 Å². The molecule has 1 aliphatic rings. The molecule has 1 heterocycles. The summed E-state index contributed by atoms with van der Waals surface area (Å²) in [5.74, 6) is 0.0536. The molecule has 120 valence electrons. The summed E-state index contributed by atoms with van der Waals surface area (Å²) in [6.07, 6.45) is -0.629. The van der Waals surface area contributed by atoms with E-state index in [9.17, 15) is 9.59 Å². The molecule has 1 aromatic carbocycles. The van der Waals surface area contributed by atoms with Gasteiger partial charge in [0.15, 0.2) is 6.10 Å². The molecule has 0 radical (unpaired) electrons. The molecule has 1 aromatic rings. The highest BCUT2D eigenvalue weighted by Crippen LogP contribution is 2.35. The van der Waals surface area contributed by atoms with E-state index >= 15 is 0 Å². The Labute approximate surface area is 129 Å². The number of nitrogens with two attached hydrogens (primary N) is 1. The Morgan fingerprint density at radius 3 is 2.91 bits per heavy atom. The van der Waals surface area contributed by atoms with E-state index in [0.717, 1.165) is 5.56 Å². The topological polar surface area (TPSA) is 93.9 Å². The van der Waals surface area contributed by atoms with Crippen LogP contribution in [0.4, 0.5) is 5.69 Å². The van der Waals surface area contributed by atoms with Crippen molar-refractivity contribution >= 4 is 17.5 Å². The fourth-order valence-electron chi connectivity index (χ4n) is 2.32. The van der Waals surface area contributed by atoms with E-state index in [1.54, 1.807) is 26.2 Å². The van der Waals surface area contributed by atoms with E-state index in [1.165, 1.54) is 11.9 Å². The van der Waals surface area contributed by atoms with Crippen molar-refractivity contribution in [3.8, 4) is 5.75 Å². The Kier molecular flexibility index (Phi) is 4.99. The number of benzene rings is 1. The van der Waals surface area contributed by atoms with Crippen molar-refractivity contribution in [3.63, 3.8) is 0 Å². The van der Waals surface area contributed by atoms with Gasteiger partial charge in [0.2, 0.25) is 5.91 Å². The number of nitrogens with one attached hydrogen (secondary N) is 1. The van der Waals surface area contributed by atoms with Gasteiger partial charge in [0.05, 0.1) is 18.3 Å². The fourth-order valence-corrected chi connectivity index (χ4v) is 2.32. The van der Waals surface area contributed by atoms with Crippen molar-refractivity contribution < 1.29 is 19.1 Å². The number of likely N-dealkylation sites (N-methyl/N-ethyl adjacent to an activating group) is 1. The summed E-state index contributed by atoms with van der Waals surface area (Å²) in [5, 5.41) is 2.52. The number of nitrogens with zero attached hydrogens (tertiary/aromatic N) is 1. The van der Waals surface area contributed by atoms with Gasteiger partial charge in [-0.3, -0.25) is 14.5 Å². The van der Waals surface area contributed by atoms with Crippen LogP contribution >= 0.6 is 0 Å². The number of fused-ring (bicyclic) bond motifs is 1. The molecule has 0 fully saturated rings. The van der Waals surface area contributed by atoms with Crippen molar-refractivity contribution in [1.29, 1.82) is 0 Å². The first kappa shape index (κ1) is 16.3. The number of carbonyl (C=O) groups excluding carboxylic acids is 2. The molecule has 0 spiro atoms. The SMILES string of the molecule is CNC(=O)CN1C(=O)C(C)Oc2ccc(C(N)COC)cc21. The van der Waals surface area contributed by atoms with Crippen molar-refractivity contribution in [1.82, 2.24) is 5.32 Å². The lowest BCUT2D eigenvalue weighted by molar-refractivity contribution is -0.128. The maximum absolute atomic E-state index is 12.3. The molecule has 1 aliphatic heterocycles. The number of ether oxygens (including phenoxy) is 2. The van der Waals surface area contributed by atoms with Crippen molar-refractivity contribution in [3.05, 3.63) is 23.8 Å². The van der Waals surface area contributed by atoms with Crippen LogP contribution < -0.4 is 20.7 Å². The maximum Gasteiger partial charge on any atom is 0.268 e. The summed E-state index contributed by atoms with van der Waals surface area (Å²) in [6.45, 7) is 1.96. The molecule has 3 N–H and O–H groups in total. The smallest absolute Gasteiger partial charge is 0.268 e. The minimum Gasteiger partial charge on any atom is -0.479 e. The quantitative estimate of drug-likeness (QED) is 0.810. The van der Waals surface area contributed by atoms with Crippen LogP contribution in [0, 0.1) is 0 Å². The average molecular weight is 307 g/mol. The molecule has 0 aliphatic carbocycles. The minimum atomic E-state index is -0.629. The first-order valence-corrected chi connectivity index (χ1v) is 7.05. The van der Waals surface area contributed by atoms with E-state index in [4.69, 9.17) is 15.2 Å². The number of carbonyl (C=O) groups is 2. The zero-order valence-corrected chi connectivity index (χ0v) is 13.0. The van der Waals surface area contributed by atoms with Crippen LogP contribution in [0.3, 0.4) is 0 Å². The van der Waals surface area contributed by atoms with Crippen LogP contribution in [0.1, 0.15) is 18.5 Å². The summed E-state index contributed by atoms with van der Waals surface area (Å²) < 4.78 is 10.6. The number of hydrogen-bond acceptors (Lipinski definition) is 5. The second kappa shape index (κ2) is 6.76. The molecule has 2 amide bonds. The zero-order chi connectivity index (χ0) is 16.3. The largest absolute Gasteiger partial charge is 0.479 e. The molecule has 7 nitrogen and oxygen atoms in total. The van der Waals surface area contributed by atoms with Crippen LogP contribution in [-0.2, 0) is 14.3 Å². The van der Waals surface area contributed by atoms with Crippen LogP contribution in [0.25, 0.3) is 0 Å². The van der Waals surface area contributed by atoms with Crippen LogP contribution in [0.5, 0.6) is 5.75 Å². The van der Waals surface area contributed by atoms with Crippen LogP contribution in [0.2, 0.25) is 0 Å². The van der Waals surface area contributed by atoms with E-state index in [2.05, 4.69) is 5.32 Å². The minimum absolute atomic E-state index is 0.0565. The van der Waals surface area contributed by atoms with Gasteiger partial charge in [0, 0.05) is 14.2 Å². The molecule has 0 saturated heterocycles. The van der Waals surface area contributed by atoms with Gasteiger partial charge in [0.25, 0.3) is 5.91 Å². The predicted octanol–water partition coefficient (Wildman–Crippen LogP) is 0.193. The third-order valence-corrected chi connectivity index (χ3v) is 3.55. The van der Waals surface area contributed by atoms with Crippen molar-refractivity contribution in [2.75, 3.05) is 32.2 Å². The Morgan fingerprint density at radius 2 is 2.27 bits per heavy atom. The first-order valence-electron chi connectivity index (χ1n) is 7.05. The van der Waals surface area contributed by atoms with Gasteiger partial charge in [-0.05, 0) is 24.6 Å². The molecule has 0 bridgehead atoms. The average Bonchev–Trinajstić information content (AvgIpc) is 2.51. The van der Waals surface area contributed by atoms with Gasteiger partial charge < -0.3 is 20.5 Å². The number of amides is 2. The molecule has 0 saturated carbocycles. The summed E-state index contributed by atoms with van der Waals surface area (Å²) in [7, 11) is 3.10. The molecule has 0 aromatic heterocycles. The van der Waals surface area contributed by atoms with Gasteiger partial charge in [0.1, 0.15) is 12.3 Å². The molecule has 2 unspecified atom stereocenters. The maximum atomic E-state index is 12.3. The van der Waals surface area contributed by atoms with Crippen LogP contribution in [-0.4, -0.2) is 45.2 Å². The Hall–Kier alpha value is -2.12. The zero-order valence-electron chi connectivity index (χ0n) is 13.0. The highest BCUT2D eigenvalue weighted by atomic mass is 16.5.